The van der Waals surface area contributed by atoms with Crippen LogP contribution in [0.2, 0.25) is 5.02 Å². The maximum absolute atomic E-state index is 12.5. The predicted molar refractivity (Wildman–Crippen MR) is 106 cm³/mol. The van der Waals surface area contributed by atoms with Crippen molar-refractivity contribution in [1.82, 2.24) is 0 Å². The normalized spacial score (nSPS) is 17.9. The van der Waals surface area contributed by atoms with E-state index in [1.807, 2.05) is 24.3 Å². The van der Waals surface area contributed by atoms with Gasteiger partial charge in [-0.15, -0.1) is 0 Å². The zero-order chi connectivity index (χ0) is 19.3. The summed E-state index contributed by atoms with van der Waals surface area (Å²) in [5, 5.41) is 1.54. The maximum Gasteiger partial charge on any atom is 0.339 e. The molecule has 0 spiro atoms. The quantitative estimate of drug-likeness (QED) is 0.689. The number of methoxy groups -OCH3 is 1. The van der Waals surface area contributed by atoms with Crippen LogP contribution >= 0.6 is 11.6 Å². The first-order valence-corrected chi connectivity index (χ1v) is 9.91. The van der Waals surface area contributed by atoms with Crippen LogP contribution in [-0.2, 0) is 25.9 Å². The minimum atomic E-state index is -0.221. The molecule has 5 rings (SSSR count). The van der Waals surface area contributed by atoms with E-state index in [0.717, 1.165) is 59.2 Å². The molecular weight excluding hydrogens is 378 g/mol. The Bertz CT molecular complexity index is 1140. The van der Waals surface area contributed by atoms with E-state index in [2.05, 4.69) is 6.07 Å². The fourth-order valence-corrected chi connectivity index (χ4v) is 4.73. The van der Waals surface area contributed by atoms with E-state index in [1.54, 1.807) is 7.11 Å². The molecule has 0 saturated carbocycles. The molecule has 1 aromatic heterocycles. The van der Waals surface area contributed by atoms with Crippen molar-refractivity contribution in [3.05, 3.63) is 68.0 Å². The molecule has 144 valence electrons. The van der Waals surface area contributed by atoms with Gasteiger partial charge in [0, 0.05) is 16.5 Å². The van der Waals surface area contributed by atoms with Gasteiger partial charge in [0.25, 0.3) is 0 Å². The van der Waals surface area contributed by atoms with Crippen molar-refractivity contribution in [2.45, 2.75) is 32.4 Å². The standard InChI is InChI=1S/C22H20ClNO4/c1-26-19-8-3-2-5-13(19)10-24-11-17-20-16(9-18(23)21(17)27-12-24)14-6-4-7-15(14)22(25)28-20/h2-3,5,8-9H,4,6-7,10-12H2,1H3/p+1. The van der Waals surface area contributed by atoms with Crippen LogP contribution in [0.1, 0.15) is 28.7 Å². The van der Waals surface area contributed by atoms with Gasteiger partial charge in [-0.25, -0.2) is 4.79 Å². The third-order valence-electron chi connectivity index (χ3n) is 5.75. The van der Waals surface area contributed by atoms with Gasteiger partial charge in [0.15, 0.2) is 11.3 Å². The number of aryl methyl sites for hydroxylation is 1. The van der Waals surface area contributed by atoms with E-state index in [1.165, 1.54) is 4.90 Å². The number of hydrogen-bond acceptors (Lipinski definition) is 4. The monoisotopic (exact) mass is 398 g/mol. The molecule has 0 fully saturated rings. The molecule has 0 radical (unpaired) electrons. The highest BCUT2D eigenvalue weighted by Crippen LogP contribution is 2.39. The number of ether oxygens (including phenoxy) is 2. The largest absolute Gasteiger partial charge is 0.496 e. The summed E-state index contributed by atoms with van der Waals surface area (Å²) in [6.07, 6.45) is 2.66. The van der Waals surface area contributed by atoms with E-state index >= 15 is 0 Å². The summed E-state index contributed by atoms with van der Waals surface area (Å²) in [6, 6.07) is 9.88. The molecule has 1 atom stereocenters. The lowest BCUT2D eigenvalue weighted by atomic mass is 10.0. The Kier molecular flexibility index (Phi) is 4.29. The second-order valence-electron chi connectivity index (χ2n) is 7.45. The minimum Gasteiger partial charge on any atom is -0.496 e. The first-order chi connectivity index (χ1) is 13.7. The molecule has 2 heterocycles. The van der Waals surface area contributed by atoms with Gasteiger partial charge in [0.05, 0.1) is 17.7 Å². The van der Waals surface area contributed by atoms with Crippen molar-refractivity contribution >= 4 is 22.6 Å². The Morgan fingerprint density at radius 2 is 2.00 bits per heavy atom. The molecule has 0 saturated heterocycles. The van der Waals surface area contributed by atoms with Gasteiger partial charge in [0.2, 0.25) is 6.73 Å². The molecule has 6 heteroatoms. The second kappa shape index (κ2) is 6.83. The highest BCUT2D eigenvalue weighted by molar-refractivity contribution is 6.33. The Hall–Kier alpha value is -2.50. The van der Waals surface area contributed by atoms with Gasteiger partial charge in [-0.2, -0.15) is 0 Å². The molecule has 3 aromatic rings. The smallest absolute Gasteiger partial charge is 0.339 e. The molecule has 5 nitrogen and oxygen atoms in total. The first-order valence-electron chi connectivity index (χ1n) is 9.54. The van der Waals surface area contributed by atoms with Crippen molar-refractivity contribution in [3.63, 3.8) is 0 Å². The maximum atomic E-state index is 12.5. The third-order valence-corrected chi connectivity index (χ3v) is 6.03. The van der Waals surface area contributed by atoms with Crippen LogP contribution < -0.4 is 20.0 Å². The summed E-state index contributed by atoms with van der Waals surface area (Å²) >= 11 is 6.54. The lowest BCUT2D eigenvalue weighted by Gasteiger charge is -2.27. The SMILES string of the molecule is COc1ccccc1C[NH+]1COc2c(Cl)cc3c4c(c(=O)oc3c2C1)CCC4. The zero-order valence-corrected chi connectivity index (χ0v) is 16.4. The summed E-state index contributed by atoms with van der Waals surface area (Å²) in [6.45, 7) is 1.91. The van der Waals surface area contributed by atoms with Crippen molar-refractivity contribution in [2.75, 3.05) is 13.8 Å². The lowest BCUT2D eigenvalue weighted by Crippen LogP contribution is -3.10. The molecule has 2 aromatic carbocycles. The van der Waals surface area contributed by atoms with Crippen molar-refractivity contribution in [3.8, 4) is 11.5 Å². The van der Waals surface area contributed by atoms with E-state index < -0.39 is 0 Å². The highest BCUT2D eigenvalue weighted by Gasteiger charge is 2.30. The second-order valence-corrected chi connectivity index (χ2v) is 7.85. The summed E-state index contributed by atoms with van der Waals surface area (Å²) in [5.41, 5.74) is 4.29. The number of benzene rings is 2. The van der Waals surface area contributed by atoms with E-state index in [0.29, 0.717) is 29.6 Å². The van der Waals surface area contributed by atoms with Gasteiger partial charge in [-0.05, 0) is 43.0 Å². The molecule has 2 aliphatic rings. The van der Waals surface area contributed by atoms with Crippen LogP contribution in [0.5, 0.6) is 11.5 Å². The molecule has 1 N–H and O–H groups in total. The van der Waals surface area contributed by atoms with Crippen LogP contribution in [0.4, 0.5) is 0 Å². The molecule has 1 aliphatic carbocycles. The fraction of sp³-hybridized carbons (Fsp3) is 0.318. The Morgan fingerprint density at radius 3 is 2.86 bits per heavy atom. The third kappa shape index (κ3) is 2.77. The topological polar surface area (TPSA) is 53.1 Å². The van der Waals surface area contributed by atoms with Crippen molar-refractivity contribution < 1.29 is 18.8 Å². The number of rotatable bonds is 3. The Balaban J connectivity index is 1.58. The zero-order valence-electron chi connectivity index (χ0n) is 15.6. The van der Waals surface area contributed by atoms with E-state index in [9.17, 15) is 4.79 Å². The molecule has 28 heavy (non-hydrogen) atoms. The lowest BCUT2D eigenvalue weighted by molar-refractivity contribution is -0.945. The molecular formula is C22H21ClNO4+. The van der Waals surface area contributed by atoms with Crippen LogP contribution in [0, 0.1) is 0 Å². The average molecular weight is 399 g/mol. The van der Waals surface area contributed by atoms with Crippen molar-refractivity contribution in [1.29, 1.82) is 0 Å². The summed E-state index contributed by atoms with van der Waals surface area (Å²) in [7, 11) is 1.68. The number of fused-ring (bicyclic) bond motifs is 5. The number of nitrogens with one attached hydrogen (secondary N) is 1. The van der Waals surface area contributed by atoms with Crippen LogP contribution in [0.3, 0.4) is 0 Å². The Morgan fingerprint density at radius 1 is 1.18 bits per heavy atom. The van der Waals surface area contributed by atoms with Gasteiger partial charge in [-0.1, -0.05) is 23.7 Å². The molecule has 1 aliphatic heterocycles. The fourth-order valence-electron chi connectivity index (χ4n) is 4.45. The molecule has 0 bridgehead atoms. The van der Waals surface area contributed by atoms with E-state index in [-0.39, 0.29) is 5.63 Å². The van der Waals surface area contributed by atoms with Crippen LogP contribution in [0.25, 0.3) is 11.0 Å². The number of quaternary nitrogens is 1. The predicted octanol–water partition coefficient (Wildman–Crippen LogP) is 2.88. The van der Waals surface area contributed by atoms with Gasteiger partial charge in [0.1, 0.15) is 18.8 Å². The Labute approximate surface area is 167 Å². The van der Waals surface area contributed by atoms with Crippen molar-refractivity contribution in [2.24, 2.45) is 0 Å². The number of para-hydroxylation sites is 1. The van der Waals surface area contributed by atoms with Crippen LogP contribution in [0.15, 0.2) is 39.5 Å². The summed E-state index contributed by atoms with van der Waals surface area (Å²) < 4.78 is 17.3. The van der Waals surface area contributed by atoms with Crippen LogP contribution in [-0.4, -0.2) is 13.8 Å². The average Bonchev–Trinajstić information content (AvgIpc) is 3.20. The van der Waals surface area contributed by atoms with Gasteiger partial charge < -0.3 is 13.9 Å². The van der Waals surface area contributed by atoms with Gasteiger partial charge in [-0.3, -0.25) is 4.90 Å². The summed E-state index contributed by atoms with van der Waals surface area (Å²) in [4.78, 5) is 13.7. The van der Waals surface area contributed by atoms with E-state index in [4.69, 9.17) is 25.5 Å². The molecule has 1 unspecified atom stereocenters. The minimum absolute atomic E-state index is 0.221. The number of halogens is 1. The highest BCUT2D eigenvalue weighted by atomic mass is 35.5. The molecule has 0 amide bonds. The number of hydrogen-bond donors (Lipinski definition) is 1. The van der Waals surface area contributed by atoms with Gasteiger partial charge >= 0.3 is 5.63 Å². The first kappa shape index (κ1) is 17.6. The summed E-state index contributed by atoms with van der Waals surface area (Å²) in [5.74, 6) is 1.50.